The zero-order valence-corrected chi connectivity index (χ0v) is 13.0. The second kappa shape index (κ2) is 7.38. The van der Waals surface area contributed by atoms with Crippen molar-refractivity contribution in [2.24, 2.45) is 0 Å². The standard InChI is InChI=1S/C17H20O3S/c1-15-8-7-12-17(14-15)21(18,19)20-13-6-5-11-16-9-3-2-4-10-16/h2-4,7-10,12,14H,5-6,11,13H2,1H3. The first-order valence-electron chi connectivity index (χ1n) is 7.08. The number of unbranched alkanes of at least 4 members (excludes halogenated alkanes) is 1. The molecule has 0 aromatic heterocycles. The molecule has 0 saturated carbocycles. The fourth-order valence-electron chi connectivity index (χ4n) is 2.08. The third-order valence-corrected chi connectivity index (χ3v) is 4.53. The van der Waals surface area contributed by atoms with Gasteiger partial charge < -0.3 is 0 Å². The summed E-state index contributed by atoms with van der Waals surface area (Å²) in [5, 5.41) is 0. The zero-order chi connectivity index (χ0) is 15.1. The SMILES string of the molecule is Cc1cccc(S(=O)(=O)OCCCCc2ccccc2)c1. The maximum absolute atomic E-state index is 12.0. The predicted molar refractivity (Wildman–Crippen MR) is 83.7 cm³/mol. The fourth-order valence-corrected chi connectivity index (χ4v) is 3.13. The largest absolute Gasteiger partial charge is 0.296 e. The maximum Gasteiger partial charge on any atom is 0.296 e. The van der Waals surface area contributed by atoms with Crippen LogP contribution in [0.4, 0.5) is 0 Å². The molecule has 4 heteroatoms. The minimum atomic E-state index is -3.63. The van der Waals surface area contributed by atoms with Crippen molar-refractivity contribution in [2.75, 3.05) is 6.61 Å². The van der Waals surface area contributed by atoms with Gasteiger partial charge in [0.15, 0.2) is 0 Å². The van der Waals surface area contributed by atoms with Crippen LogP contribution in [0.5, 0.6) is 0 Å². The van der Waals surface area contributed by atoms with Crippen molar-refractivity contribution < 1.29 is 12.6 Å². The third-order valence-electron chi connectivity index (χ3n) is 3.22. The molecule has 0 aliphatic rings. The Hall–Kier alpha value is -1.65. The minimum Gasteiger partial charge on any atom is -0.266 e. The van der Waals surface area contributed by atoms with Crippen LogP contribution < -0.4 is 0 Å². The van der Waals surface area contributed by atoms with Gasteiger partial charge in [-0.3, -0.25) is 4.18 Å². The first kappa shape index (κ1) is 15.7. The molecule has 0 bridgehead atoms. The van der Waals surface area contributed by atoms with Crippen LogP contribution in [-0.2, 0) is 20.7 Å². The lowest BCUT2D eigenvalue weighted by atomic mass is 10.1. The number of benzene rings is 2. The molecule has 2 aromatic carbocycles. The van der Waals surface area contributed by atoms with Gasteiger partial charge in [0.1, 0.15) is 0 Å². The van der Waals surface area contributed by atoms with Crippen LogP contribution in [0.25, 0.3) is 0 Å². The summed E-state index contributed by atoms with van der Waals surface area (Å²) in [5.74, 6) is 0. The van der Waals surface area contributed by atoms with Gasteiger partial charge in [-0.2, -0.15) is 8.42 Å². The third kappa shape index (κ3) is 4.99. The molecule has 0 fully saturated rings. The Kier molecular flexibility index (Phi) is 5.53. The molecule has 0 heterocycles. The van der Waals surface area contributed by atoms with Crippen molar-refractivity contribution in [3.05, 3.63) is 65.7 Å². The lowest BCUT2D eigenvalue weighted by Crippen LogP contribution is -2.08. The van der Waals surface area contributed by atoms with E-state index >= 15 is 0 Å². The van der Waals surface area contributed by atoms with E-state index in [0.717, 1.165) is 24.8 Å². The highest BCUT2D eigenvalue weighted by atomic mass is 32.2. The smallest absolute Gasteiger partial charge is 0.266 e. The molecular formula is C17H20O3S. The second-order valence-corrected chi connectivity index (χ2v) is 6.65. The Morgan fingerprint density at radius 2 is 1.71 bits per heavy atom. The van der Waals surface area contributed by atoms with E-state index in [1.165, 1.54) is 5.56 Å². The molecular weight excluding hydrogens is 284 g/mol. The van der Waals surface area contributed by atoms with E-state index < -0.39 is 10.1 Å². The minimum absolute atomic E-state index is 0.225. The van der Waals surface area contributed by atoms with Crippen LogP contribution in [0.1, 0.15) is 24.0 Å². The number of aryl methyl sites for hydroxylation is 2. The Labute approximate surface area is 126 Å². The molecule has 0 aliphatic heterocycles. The summed E-state index contributed by atoms with van der Waals surface area (Å²) in [6.07, 6.45) is 2.57. The average molecular weight is 304 g/mol. The van der Waals surface area contributed by atoms with E-state index in [0.29, 0.717) is 0 Å². The Bertz CT molecular complexity index is 663. The van der Waals surface area contributed by atoms with Crippen molar-refractivity contribution >= 4 is 10.1 Å². The maximum atomic E-state index is 12.0. The molecule has 0 amide bonds. The fraction of sp³-hybridized carbons (Fsp3) is 0.294. The Morgan fingerprint density at radius 3 is 2.43 bits per heavy atom. The molecule has 0 spiro atoms. The van der Waals surface area contributed by atoms with Gasteiger partial charge in [-0.15, -0.1) is 0 Å². The lowest BCUT2D eigenvalue weighted by molar-refractivity contribution is 0.308. The van der Waals surface area contributed by atoms with Crippen molar-refractivity contribution in [3.63, 3.8) is 0 Å². The normalized spacial score (nSPS) is 11.5. The summed E-state index contributed by atoms with van der Waals surface area (Å²) in [7, 11) is -3.63. The molecule has 2 rings (SSSR count). The van der Waals surface area contributed by atoms with Crippen molar-refractivity contribution in [1.82, 2.24) is 0 Å². The molecule has 0 aliphatic carbocycles. The van der Waals surface area contributed by atoms with Gasteiger partial charge in [0.25, 0.3) is 10.1 Å². The van der Waals surface area contributed by atoms with Crippen LogP contribution in [0.3, 0.4) is 0 Å². The molecule has 0 unspecified atom stereocenters. The summed E-state index contributed by atoms with van der Waals surface area (Å²) >= 11 is 0. The van der Waals surface area contributed by atoms with Gasteiger partial charge in [0, 0.05) is 0 Å². The molecule has 0 radical (unpaired) electrons. The molecule has 0 N–H and O–H groups in total. The van der Waals surface area contributed by atoms with E-state index in [9.17, 15) is 8.42 Å². The van der Waals surface area contributed by atoms with Gasteiger partial charge in [0.2, 0.25) is 0 Å². The van der Waals surface area contributed by atoms with Gasteiger partial charge >= 0.3 is 0 Å². The predicted octanol–water partition coefficient (Wildman–Crippen LogP) is 3.72. The zero-order valence-electron chi connectivity index (χ0n) is 12.2. The van der Waals surface area contributed by atoms with Crippen LogP contribution >= 0.6 is 0 Å². The van der Waals surface area contributed by atoms with Gasteiger partial charge in [-0.1, -0.05) is 42.5 Å². The van der Waals surface area contributed by atoms with Gasteiger partial charge in [-0.25, -0.2) is 0 Å². The molecule has 0 atom stereocenters. The highest BCUT2D eigenvalue weighted by Crippen LogP contribution is 2.14. The lowest BCUT2D eigenvalue weighted by Gasteiger charge is -2.06. The van der Waals surface area contributed by atoms with E-state index in [4.69, 9.17) is 4.18 Å². The molecule has 21 heavy (non-hydrogen) atoms. The molecule has 112 valence electrons. The quantitative estimate of drug-likeness (QED) is 0.578. The van der Waals surface area contributed by atoms with Crippen LogP contribution in [-0.4, -0.2) is 15.0 Å². The van der Waals surface area contributed by atoms with Crippen LogP contribution in [0.2, 0.25) is 0 Å². The highest BCUT2D eigenvalue weighted by molar-refractivity contribution is 7.86. The van der Waals surface area contributed by atoms with E-state index in [2.05, 4.69) is 12.1 Å². The first-order valence-corrected chi connectivity index (χ1v) is 8.49. The van der Waals surface area contributed by atoms with Gasteiger partial charge in [-0.05, 0) is 49.4 Å². The van der Waals surface area contributed by atoms with E-state index in [-0.39, 0.29) is 11.5 Å². The van der Waals surface area contributed by atoms with E-state index in [1.54, 1.807) is 18.2 Å². The first-order chi connectivity index (χ1) is 10.1. The summed E-state index contributed by atoms with van der Waals surface area (Å²) in [6, 6.07) is 16.9. The molecule has 3 nitrogen and oxygen atoms in total. The monoisotopic (exact) mass is 304 g/mol. The number of hydrogen-bond donors (Lipinski definition) is 0. The number of hydrogen-bond acceptors (Lipinski definition) is 3. The van der Waals surface area contributed by atoms with Crippen molar-refractivity contribution in [1.29, 1.82) is 0 Å². The molecule has 2 aromatic rings. The summed E-state index contributed by atoms with van der Waals surface area (Å²) in [5.41, 5.74) is 2.17. The molecule has 0 saturated heterocycles. The summed E-state index contributed by atoms with van der Waals surface area (Å²) in [4.78, 5) is 0.227. The Balaban J connectivity index is 1.78. The van der Waals surface area contributed by atoms with Gasteiger partial charge in [0.05, 0.1) is 11.5 Å². The van der Waals surface area contributed by atoms with Crippen molar-refractivity contribution in [3.8, 4) is 0 Å². The van der Waals surface area contributed by atoms with Crippen LogP contribution in [0, 0.1) is 6.92 Å². The number of rotatable bonds is 7. The average Bonchev–Trinajstić information content (AvgIpc) is 2.48. The van der Waals surface area contributed by atoms with Crippen molar-refractivity contribution in [2.45, 2.75) is 31.1 Å². The summed E-state index contributed by atoms with van der Waals surface area (Å²) < 4.78 is 29.1. The topological polar surface area (TPSA) is 43.4 Å². The second-order valence-electron chi connectivity index (χ2n) is 5.04. The van der Waals surface area contributed by atoms with E-state index in [1.807, 2.05) is 31.2 Å². The Morgan fingerprint density at radius 1 is 0.952 bits per heavy atom. The van der Waals surface area contributed by atoms with Crippen LogP contribution in [0.15, 0.2) is 59.5 Å². The highest BCUT2D eigenvalue weighted by Gasteiger charge is 2.14. The summed E-state index contributed by atoms with van der Waals surface area (Å²) in [6.45, 7) is 2.09.